The van der Waals surface area contributed by atoms with E-state index in [2.05, 4.69) is 30.7 Å². The number of rotatable bonds is 8. The number of hydrazine groups is 1. The fraction of sp³-hybridized carbons (Fsp3) is 0.576. The van der Waals surface area contributed by atoms with E-state index in [9.17, 15) is 14.0 Å². The standard InChI is InChI=1S/C33H43FN6O4/c1-33(2,3)44-32(42)39-40-15-5-4-6-26(40)21-9-12-23(13-10-21)38-31(41)25-17-35-30-28(36-19-37-29(25)30)24-14-11-22(34)16-27(24)43-18-20-7-8-20/h11,14,16-17,19-21,23,26,35H,4-10,12-13,15,18H2,1-3H3,(H,38,41)(H,39,42). The van der Waals surface area contributed by atoms with Gasteiger partial charge in [-0.1, -0.05) is 6.42 Å². The first-order chi connectivity index (χ1) is 21.1. The van der Waals surface area contributed by atoms with E-state index in [0.717, 1.165) is 64.3 Å². The number of hydrogen-bond donors (Lipinski definition) is 3. The van der Waals surface area contributed by atoms with Crippen LogP contribution in [0.15, 0.2) is 30.7 Å². The lowest BCUT2D eigenvalue weighted by Gasteiger charge is -2.42. The van der Waals surface area contributed by atoms with Crippen molar-refractivity contribution in [1.29, 1.82) is 0 Å². The van der Waals surface area contributed by atoms with Crippen LogP contribution >= 0.6 is 0 Å². The van der Waals surface area contributed by atoms with E-state index in [-0.39, 0.29) is 23.8 Å². The van der Waals surface area contributed by atoms with Crippen molar-refractivity contribution in [3.8, 4) is 17.0 Å². The molecule has 44 heavy (non-hydrogen) atoms. The molecule has 2 amide bonds. The van der Waals surface area contributed by atoms with Gasteiger partial charge in [0.25, 0.3) is 5.91 Å². The zero-order valence-corrected chi connectivity index (χ0v) is 25.8. The van der Waals surface area contributed by atoms with Gasteiger partial charge in [0.05, 0.1) is 17.7 Å². The Labute approximate surface area is 257 Å². The number of H-pyrrole nitrogens is 1. The molecule has 0 spiro atoms. The second-order valence-corrected chi connectivity index (χ2v) is 13.5. The normalized spacial score (nSPS) is 22.9. The Kier molecular flexibility index (Phi) is 8.75. The average molecular weight is 607 g/mol. The molecule has 3 aliphatic rings. The first-order valence-corrected chi connectivity index (χ1v) is 16.0. The number of piperidine rings is 1. The summed E-state index contributed by atoms with van der Waals surface area (Å²) in [5.41, 5.74) is 5.26. The number of aromatic amines is 1. The molecule has 0 bridgehead atoms. The quantitative estimate of drug-likeness (QED) is 0.282. The van der Waals surface area contributed by atoms with Crippen LogP contribution in [0.25, 0.3) is 22.3 Å². The molecule has 11 heteroatoms. The SMILES string of the molecule is CC(C)(C)OC(=O)NN1CCCCC1C1CCC(NC(=O)c2c[nH]c3c(-c4ccc(F)cc4OCC4CC4)ncnc23)CC1. The van der Waals surface area contributed by atoms with E-state index in [4.69, 9.17) is 9.47 Å². The van der Waals surface area contributed by atoms with Gasteiger partial charge in [0.1, 0.15) is 34.7 Å². The second kappa shape index (κ2) is 12.7. The maximum absolute atomic E-state index is 14.1. The van der Waals surface area contributed by atoms with Crippen LogP contribution in [0.5, 0.6) is 5.75 Å². The second-order valence-electron chi connectivity index (χ2n) is 13.5. The Balaban J connectivity index is 1.09. The molecule has 6 rings (SSSR count). The minimum absolute atomic E-state index is 0.0559. The van der Waals surface area contributed by atoms with E-state index in [1.807, 2.05) is 20.8 Å². The highest BCUT2D eigenvalue weighted by Crippen LogP contribution is 2.37. The van der Waals surface area contributed by atoms with Crippen LogP contribution in [0.3, 0.4) is 0 Å². The molecule has 1 saturated heterocycles. The van der Waals surface area contributed by atoms with Gasteiger partial charge < -0.3 is 19.8 Å². The van der Waals surface area contributed by atoms with Crippen molar-refractivity contribution in [2.24, 2.45) is 11.8 Å². The van der Waals surface area contributed by atoms with Gasteiger partial charge in [0.15, 0.2) is 0 Å². The molecular weight excluding hydrogens is 563 g/mol. The zero-order valence-electron chi connectivity index (χ0n) is 25.8. The Morgan fingerprint density at radius 1 is 1.07 bits per heavy atom. The lowest BCUT2D eigenvalue weighted by atomic mass is 9.78. The summed E-state index contributed by atoms with van der Waals surface area (Å²) in [6, 6.07) is 4.76. The number of nitrogens with one attached hydrogen (secondary N) is 3. The maximum Gasteiger partial charge on any atom is 0.422 e. The van der Waals surface area contributed by atoms with Crippen LogP contribution in [0.2, 0.25) is 0 Å². The van der Waals surface area contributed by atoms with Gasteiger partial charge in [-0.25, -0.2) is 24.2 Å². The van der Waals surface area contributed by atoms with Gasteiger partial charge in [0.2, 0.25) is 0 Å². The molecule has 1 atom stereocenters. The molecule has 10 nitrogen and oxygen atoms in total. The van der Waals surface area contributed by atoms with Crippen molar-refractivity contribution < 1.29 is 23.5 Å². The van der Waals surface area contributed by atoms with E-state index < -0.39 is 11.7 Å². The zero-order chi connectivity index (χ0) is 30.8. The van der Waals surface area contributed by atoms with Crippen molar-refractivity contribution in [2.75, 3.05) is 13.2 Å². The fourth-order valence-corrected chi connectivity index (χ4v) is 6.54. The topological polar surface area (TPSA) is 121 Å². The van der Waals surface area contributed by atoms with Gasteiger partial charge in [-0.3, -0.25) is 10.2 Å². The molecule has 236 valence electrons. The minimum Gasteiger partial charge on any atom is -0.492 e. The molecule has 1 aromatic carbocycles. The molecule has 2 saturated carbocycles. The molecular formula is C33H43FN6O4. The summed E-state index contributed by atoms with van der Waals surface area (Å²) in [5, 5.41) is 5.30. The number of hydrogen-bond acceptors (Lipinski definition) is 7. The van der Waals surface area contributed by atoms with Crippen molar-refractivity contribution in [1.82, 2.24) is 30.7 Å². The summed E-state index contributed by atoms with van der Waals surface area (Å²) in [7, 11) is 0. The summed E-state index contributed by atoms with van der Waals surface area (Å²) < 4.78 is 25.6. The number of ether oxygens (including phenoxy) is 2. The Morgan fingerprint density at radius 3 is 2.61 bits per heavy atom. The number of nitrogens with zero attached hydrogens (tertiary/aromatic N) is 3. The maximum atomic E-state index is 14.1. The fourth-order valence-electron chi connectivity index (χ4n) is 6.54. The van der Waals surface area contributed by atoms with Gasteiger partial charge >= 0.3 is 6.09 Å². The minimum atomic E-state index is -0.544. The summed E-state index contributed by atoms with van der Waals surface area (Å²) in [4.78, 5) is 38.0. The van der Waals surface area contributed by atoms with Crippen molar-refractivity contribution in [3.63, 3.8) is 0 Å². The summed E-state index contributed by atoms with van der Waals surface area (Å²) in [6.07, 6.45) is 11.9. The highest BCUT2D eigenvalue weighted by atomic mass is 19.1. The number of aromatic nitrogens is 3. The lowest BCUT2D eigenvalue weighted by molar-refractivity contribution is -0.000157. The third-order valence-electron chi connectivity index (χ3n) is 8.91. The Morgan fingerprint density at radius 2 is 1.86 bits per heavy atom. The van der Waals surface area contributed by atoms with Crippen LogP contribution in [-0.4, -0.2) is 62.8 Å². The third kappa shape index (κ3) is 7.14. The van der Waals surface area contributed by atoms with Crippen molar-refractivity contribution in [2.45, 2.75) is 96.2 Å². The van der Waals surface area contributed by atoms with Gasteiger partial charge in [-0.2, -0.15) is 0 Å². The summed E-state index contributed by atoms with van der Waals surface area (Å²) in [6.45, 7) is 6.96. The predicted molar refractivity (Wildman–Crippen MR) is 164 cm³/mol. The molecule has 3 heterocycles. The average Bonchev–Trinajstić information content (AvgIpc) is 3.71. The molecule has 1 aliphatic heterocycles. The van der Waals surface area contributed by atoms with Crippen LogP contribution in [-0.2, 0) is 4.74 Å². The van der Waals surface area contributed by atoms with Crippen LogP contribution in [0.1, 0.15) is 88.9 Å². The predicted octanol–water partition coefficient (Wildman–Crippen LogP) is 6.14. The molecule has 1 unspecified atom stereocenters. The van der Waals surface area contributed by atoms with Crippen LogP contribution < -0.4 is 15.5 Å². The molecule has 0 radical (unpaired) electrons. The largest absolute Gasteiger partial charge is 0.492 e. The number of benzene rings is 1. The summed E-state index contributed by atoms with van der Waals surface area (Å²) in [5.74, 6) is 0.838. The first-order valence-electron chi connectivity index (χ1n) is 16.0. The molecule has 2 aromatic heterocycles. The highest BCUT2D eigenvalue weighted by Gasteiger charge is 2.35. The number of carbonyl (C=O) groups is 2. The van der Waals surface area contributed by atoms with Crippen molar-refractivity contribution >= 4 is 23.0 Å². The first kappa shape index (κ1) is 30.3. The smallest absolute Gasteiger partial charge is 0.422 e. The molecule has 3 N–H and O–H groups in total. The van der Waals surface area contributed by atoms with Gasteiger partial charge in [-0.15, -0.1) is 0 Å². The molecule has 3 aromatic rings. The third-order valence-corrected chi connectivity index (χ3v) is 8.91. The van der Waals surface area contributed by atoms with Gasteiger partial charge in [-0.05, 0) is 96.1 Å². The monoisotopic (exact) mass is 606 g/mol. The van der Waals surface area contributed by atoms with Crippen LogP contribution in [0.4, 0.5) is 9.18 Å². The highest BCUT2D eigenvalue weighted by molar-refractivity contribution is 6.07. The number of fused-ring (bicyclic) bond motifs is 1. The van der Waals surface area contributed by atoms with Crippen LogP contribution in [0, 0.1) is 17.7 Å². The van der Waals surface area contributed by atoms with Crippen molar-refractivity contribution in [3.05, 3.63) is 42.1 Å². The van der Waals surface area contributed by atoms with E-state index >= 15 is 0 Å². The Bertz CT molecular complexity index is 1490. The number of amides is 2. The van der Waals surface area contributed by atoms with Gasteiger partial charge in [0, 0.05) is 36.5 Å². The number of halogens is 1. The van der Waals surface area contributed by atoms with E-state index in [0.29, 0.717) is 52.0 Å². The Hall–Kier alpha value is -3.73. The van der Waals surface area contributed by atoms with E-state index in [1.54, 1.807) is 12.3 Å². The number of carbonyl (C=O) groups excluding carboxylic acids is 2. The lowest BCUT2D eigenvalue weighted by Crippen LogP contribution is -2.55. The van der Waals surface area contributed by atoms with E-state index in [1.165, 1.54) is 18.5 Å². The molecule has 3 fully saturated rings. The molecule has 2 aliphatic carbocycles. The summed E-state index contributed by atoms with van der Waals surface area (Å²) >= 11 is 0.